The molecular formula is C16H21BN2O5. The number of carboxylic acids is 1. The zero-order valence-corrected chi connectivity index (χ0v) is 13.3. The van der Waals surface area contributed by atoms with Crippen molar-refractivity contribution < 1.29 is 24.4 Å². The highest BCUT2D eigenvalue weighted by atomic mass is 16.5. The third-order valence-electron chi connectivity index (χ3n) is 4.63. The molecule has 0 radical (unpaired) electrons. The highest BCUT2D eigenvalue weighted by Gasteiger charge is 2.37. The van der Waals surface area contributed by atoms with Gasteiger partial charge in [-0.15, -0.1) is 0 Å². The Labute approximate surface area is 140 Å². The summed E-state index contributed by atoms with van der Waals surface area (Å²) in [7, 11) is -1.25. The lowest BCUT2D eigenvalue weighted by Crippen LogP contribution is -2.53. The summed E-state index contributed by atoms with van der Waals surface area (Å²) in [5.74, 6) is -1.24. The van der Waals surface area contributed by atoms with Crippen LogP contribution >= 0.6 is 0 Å². The number of carboxylic acid groups (broad SMARTS) is 1. The van der Waals surface area contributed by atoms with Crippen molar-refractivity contribution in [2.45, 2.75) is 31.6 Å². The molecule has 4 N–H and O–H groups in total. The summed E-state index contributed by atoms with van der Waals surface area (Å²) >= 11 is 0. The van der Waals surface area contributed by atoms with Crippen LogP contribution in [-0.4, -0.2) is 48.2 Å². The first-order valence-electron chi connectivity index (χ1n) is 8.24. The standard InChI is InChI=1S/C16H21BN2O5/c20-14(8-10-4-6-18-7-5-10)19-13-9-11-2-1-3-12(16(21)22)15(11)24-17(13)23/h1-3,10,13,18,23H,4-9H2,(H,19,20)(H,21,22). The summed E-state index contributed by atoms with van der Waals surface area (Å²) in [6.45, 7) is 1.86. The van der Waals surface area contributed by atoms with E-state index in [1.165, 1.54) is 6.07 Å². The minimum Gasteiger partial charge on any atom is -0.534 e. The predicted molar refractivity (Wildman–Crippen MR) is 87.8 cm³/mol. The minimum absolute atomic E-state index is 0.0195. The van der Waals surface area contributed by atoms with Gasteiger partial charge in [-0.05, 0) is 49.9 Å². The quantitative estimate of drug-likeness (QED) is 0.587. The van der Waals surface area contributed by atoms with E-state index in [1.54, 1.807) is 12.1 Å². The lowest BCUT2D eigenvalue weighted by molar-refractivity contribution is -0.122. The van der Waals surface area contributed by atoms with Crippen molar-refractivity contribution in [3.8, 4) is 5.75 Å². The lowest BCUT2D eigenvalue weighted by Gasteiger charge is -2.29. The van der Waals surface area contributed by atoms with Crippen LogP contribution in [0.5, 0.6) is 5.75 Å². The second-order valence-electron chi connectivity index (χ2n) is 6.38. The van der Waals surface area contributed by atoms with Crippen molar-refractivity contribution in [3.63, 3.8) is 0 Å². The molecule has 0 spiro atoms. The Hall–Kier alpha value is -2.06. The van der Waals surface area contributed by atoms with Crippen molar-refractivity contribution in [2.75, 3.05) is 13.1 Å². The van der Waals surface area contributed by atoms with E-state index in [0.717, 1.165) is 25.9 Å². The van der Waals surface area contributed by atoms with Gasteiger partial charge in [0.15, 0.2) is 0 Å². The molecule has 1 saturated heterocycles. The van der Waals surface area contributed by atoms with E-state index in [0.29, 0.717) is 24.3 Å². The first kappa shape index (κ1) is 16.8. The number of nitrogens with one attached hydrogen (secondary N) is 2. The lowest BCUT2D eigenvalue weighted by atomic mass is 9.72. The largest absolute Gasteiger partial charge is 0.547 e. The van der Waals surface area contributed by atoms with E-state index in [9.17, 15) is 19.7 Å². The van der Waals surface area contributed by atoms with Gasteiger partial charge in [0, 0.05) is 6.42 Å². The number of hydrogen-bond acceptors (Lipinski definition) is 5. The number of para-hydroxylation sites is 1. The van der Waals surface area contributed by atoms with Gasteiger partial charge in [-0.1, -0.05) is 12.1 Å². The number of hydrogen-bond donors (Lipinski definition) is 4. The molecule has 0 aromatic heterocycles. The molecule has 0 aliphatic carbocycles. The summed E-state index contributed by atoms with van der Waals surface area (Å²) in [4.78, 5) is 23.4. The van der Waals surface area contributed by atoms with Gasteiger partial charge in [-0.3, -0.25) is 4.79 Å². The van der Waals surface area contributed by atoms with Crippen LogP contribution in [0.15, 0.2) is 18.2 Å². The number of piperidine rings is 1. The molecule has 2 aliphatic heterocycles. The maximum absolute atomic E-state index is 12.2. The van der Waals surface area contributed by atoms with E-state index in [-0.39, 0.29) is 17.2 Å². The van der Waals surface area contributed by atoms with Crippen LogP contribution in [0.2, 0.25) is 0 Å². The first-order valence-corrected chi connectivity index (χ1v) is 8.24. The van der Waals surface area contributed by atoms with Gasteiger partial charge < -0.3 is 25.4 Å². The smallest absolute Gasteiger partial charge is 0.534 e. The molecule has 8 heteroatoms. The van der Waals surface area contributed by atoms with Crippen LogP contribution in [0.4, 0.5) is 0 Å². The van der Waals surface area contributed by atoms with E-state index in [4.69, 9.17) is 4.65 Å². The third-order valence-corrected chi connectivity index (χ3v) is 4.63. The molecule has 7 nitrogen and oxygen atoms in total. The Kier molecular flexibility index (Phi) is 5.06. The number of rotatable bonds is 4. The van der Waals surface area contributed by atoms with Crippen molar-refractivity contribution in [3.05, 3.63) is 29.3 Å². The van der Waals surface area contributed by atoms with E-state index in [1.807, 2.05) is 0 Å². The summed E-state index contributed by atoms with van der Waals surface area (Å²) in [5, 5.41) is 25.4. The average Bonchev–Trinajstić information content (AvgIpc) is 2.55. The normalized spacial score (nSPS) is 20.9. The zero-order chi connectivity index (χ0) is 17.1. The van der Waals surface area contributed by atoms with Crippen LogP contribution in [0.25, 0.3) is 0 Å². The fourth-order valence-electron chi connectivity index (χ4n) is 3.33. The molecule has 1 atom stereocenters. The zero-order valence-electron chi connectivity index (χ0n) is 13.3. The minimum atomic E-state index is -1.25. The van der Waals surface area contributed by atoms with Crippen LogP contribution in [0, 0.1) is 5.92 Å². The molecule has 0 saturated carbocycles. The SMILES string of the molecule is O=C(CC1CCNCC1)NC1Cc2cccc(C(=O)O)c2OB1O. The fourth-order valence-corrected chi connectivity index (χ4v) is 3.33. The number of amides is 1. The second-order valence-corrected chi connectivity index (χ2v) is 6.38. The highest BCUT2D eigenvalue weighted by molar-refractivity contribution is 6.47. The van der Waals surface area contributed by atoms with Gasteiger partial charge in [0.2, 0.25) is 5.91 Å². The summed E-state index contributed by atoms with van der Waals surface area (Å²) in [6, 6.07) is 4.82. The Morgan fingerprint density at radius 1 is 1.33 bits per heavy atom. The molecule has 1 aromatic rings. The second kappa shape index (κ2) is 7.23. The van der Waals surface area contributed by atoms with Gasteiger partial charge in [0.05, 0.1) is 11.5 Å². The molecule has 1 fully saturated rings. The molecule has 3 rings (SSSR count). The number of carbonyl (C=O) groups is 2. The molecule has 1 aromatic carbocycles. The Balaban J connectivity index is 1.64. The number of fused-ring (bicyclic) bond motifs is 1. The van der Waals surface area contributed by atoms with E-state index < -0.39 is 19.0 Å². The number of benzene rings is 1. The maximum Gasteiger partial charge on any atom is 0.547 e. The molecule has 24 heavy (non-hydrogen) atoms. The molecule has 2 aliphatic rings. The fraction of sp³-hybridized carbons (Fsp3) is 0.500. The summed E-state index contributed by atoms with van der Waals surface area (Å²) < 4.78 is 5.38. The van der Waals surface area contributed by atoms with Gasteiger partial charge in [0.25, 0.3) is 0 Å². The average molecular weight is 332 g/mol. The molecule has 1 unspecified atom stereocenters. The summed E-state index contributed by atoms with van der Waals surface area (Å²) in [6.07, 6.45) is 2.73. The Bertz CT molecular complexity index is 633. The number of aromatic carboxylic acids is 1. The van der Waals surface area contributed by atoms with Crippen molar-refractivity contribution in [1.82, 2.24) is 10.6 Å². The van der Waals surface area contributed by atoms with Gasteiger partial charge in [-0.25, -0.2) is 4.79 Å². The monoisotopic (exact) mass is 332 g/mol. The van der Waals surface area contributed by atoms with Gasteiger partial charge >= 0.3 is 13.1 Å². The van der Waals surface area contributed by atoms with Crippen molar-refractivity contribution in [2.24, 2.45) is 5.92 Å². The van der Waals surface area contributed by atoms with Gasteiger partial charge in [0.1, 0.15) is 5.75 Å². The summed E-state index contributed by atoms with van der Waals surface area (Å²) in [5.41, 5.74) is 0.693. The molecule has 2 heterocycles. The van der Waals surface area contributed by atoms with E-state index >= 15 is 0 Å². The van der Waals surface area contributed by atoms with Crippen LogP contribution in [-0.2, 0) is 11.2 Å². The van der Waals surface area contributed by atoms with Gasteiger partial charge in [-0.2, -0.15) is 0 Å². The van der Waals surface area contributed by atoms with E-state index in [2.05, 4.69) is 10.6 Å². The number of carbonyl (C=O) groups excluding carboxylic acids is 1. The Morgan fingerprint density at radius 3 is 2.79 bits per heavy atom. The first-order chi connectivity index (χ1) is 11.5. The molecule has 128 valence electrons. The van der Waals surface area contributed by atoms with Crippen LogP contribution in [0.1, 0.15) is 35.2 Å². The molecule has 0 bridgehead atoms. The van der Waals surface area contributed by atoms with Crippen LogP contribution in [0.3, 0.4) is 0 Å². The third kappa shape index (κ3) is 3.71. The molecule has 1 amide bonds. The Morgan fingerprint density at radius 2 is 2.08 bits per heavy atom. The van der Waals surface area contributed by atoms with Crippen LogP contribution < -0.4 is 15.3 Å². The predicted octanol–water partition coefficient (Wildman–Crippen LogP) is 0.214. The van der Waals surface area contributed by atoms with Crippen molar-refractivity contribution >= 4 is 19.0 Å². The van der Waals surface area contributed by atoms with Crippen molar-refractivity contribution in [1.29, 1.82) is 0 Å². The topological polar surface area (TPSA) is 108 Å². The highest BCUT2D eigenvalue weighted by Crippen LogP contribution is 2.30. The maximum atomic E-state index is 12.2. The molecular weight excluding hydrogens is 311 g/mol.